The van der Waals surface area contributed by atoms with Gasteiger partial charge < -0.3 is 0 Å². The fraction of sp³-hybridized carbons (Fsp3) is 0.357. The molecule has 0 aliphatic carbocycles. The second kappa shape index (κ2) is 4.58. The SMILES string of the molecule is Cc1ccc2cccc(S(=O)(=O)OC(C)(C)C)c2n1. The Hall–Kier alpha value is -1.46. The van der Waals surface area contributed by atoms with Crippen molar-refractivity contribution in [3.05, 3.63) is 36.0 Å². The Bertz CT molecular complexity index is 715. The molecule has 0 amide bonds. The smallest absolute Gasteiger partial charge is 0.261 e. The first kappa shape index (κ1) is 14.0. The molecule has 0 unspecified atom stereocenters. The lowest BCUT2D eigenvalue weighted by Gasteiger charge is -2.19. The molecule has 0 atom stereocenters. The van der Waals surface area contributed by atoms with Gasteiger partial charge in [-0.3, -0.25) is 9.17 Å². The van der Waals surface area contributed by atoms with Crippen LogP contribution >= 0.6 is 0 Å². The molecule has 1 aromatic heterocycles. The van der Waals surface area contributed by atoms with Gasteiger partial charge in [0.2, 0.25) is 0 Å². The van der Waals surface area contributed by atoms with Crippen LogP contribution in [-0.4, -0.2) is 19.0 Å². The summed E-state index contributed by atoms with van der Waals surface area (Å²) in [6, 6.07) is 8.75. The molecule has 2 aromatic rings. The standard InChI is InChI=1S/C14H17NO3S/c1-10-8-9-11-6-5-7-12(13(11)15-10)19(16,17)18-14(2,3)4/h5-9H,1-4H3. The number of pyridine rings is 1. The lowest BCUT2D eigenvalue weighted by molar-refractivity contribution is 0.140. The Kier molecular flexibility index (Phi) is 3.36. The van der Waals surface area contributed by atoms with Crippen LogP contribution in [0.3, 0.4) is 0 Å². The first-order valence-electron chi connectivity index (χ1n) is 6.01. The molecule has 0 spiro atoms. The fourth-order valence-electron chi connectivity index (χ4n) is 1.79. The van der Waals surface area contributed by atoms with Crippen molar-refractivity contribution in [1.29, 1.82) is 0 Å². The van der Waals surface area contributed by atoms with E-state index in [-0.39, 0.29) is 4.90 Å². The highest BCUT2D eigenvalue weighted by atomic mass is 32.2. The van der Waals surface area contributed by atoms with E-state index < -0.39 is 15.7 Å². The molecule has 5 heteroatoms. The molecule has 0 bridgehead atoms. The minimum Gasteiger partial charge on any atom is -0.261 e. The third-order valence-corrected chi connectivity index (χ3v) is 4.04. The number of nitrogens with zero attached hydrogens (tertiary/aromatic N) is 1. The Morgan fingerprint density at radius 2 is 1.79 bits per heavy atom. The number of aromatic nitrogens is 1. The molecular formula is C14H17NO3S. The van der Waals surface area contributed by atoms with E-state index in [1.807, 2.05) is 25.1 Å². The van der Waals surface area contributed by atoms with Gasteiger partial charge in [0, 0.05) is 11.1 Å². The van der Waals surface area contributed by atoms with E-state index in [9.17, 15) is 8.42 Å². The highest BCUT2D eigenvalue weighted by molar-refractivity contribution is 7.87. The van der Waals surface area contributed by atoms with Crippen LogP contribution in [0, 0.1) is 6.92 Å². The van der Waals surface area contributed by atoms with Crippen molar-refractivity contribution < 1.29 is 12.6 Å². The molecule has 0 saturated heterocycles. The van der Waals surface area contributed by atoms with Crippen LogP contribution in [-0.2, 0) is 14.3 Å². The van der Waals surface area contributed by atoms with E-state index in [0.29, 0.717) is 5.52 Å². The summed E-state index contributed by atoms with van der Waals surface area (Å²) in [4.78, 5) is 4.43. The summed E-state index contributed by atoms with van der Waals surface area (Å²) in [6.45, 7) is 6.94. The van der Waals surface area contributed by atoms with Crippen molar-refractivity contribution in [2.75, 3.05) is 0 Å². The van der Waals surface area contributed by atoms with Gasteiger partial charge in [0.05, 0.1) is 11.1 Å². The first-order valence-corrected chi connectivity index (χ1v) is 7.42. The third-order valence-electron chi connectivity index (χ3n) is 2.45. The summed E-state index contributed by atoms with van der Waals surface area (Å²) >= 11 is 0. The molecule has 102 valence electrons. The zero-order chi connectivity index (χ0) is 14.3. The van der Waals surface area contributed by atoms with Crippen LogP contribution in [0.25, 0.3) is 10.9 Å². The molecule has 4 nitrogen and oxygen atoms in total. The van der Waals surface area contributed by atoms with Crippen molar-refractivity contribution in [2.45, 2.75) is 38.2 Å². The summed E-state index contributed by atoms with van der Waals surface area (Å²) in [7, 11) is -3.82. The molecule has 2 rings (SSSR count). The maximum Gasteiger partial charge on any atom is 0.299 e. The highest BCUT2D eigenvalue weighted by Crippen LogP contribution is 2.26. The topological polar surface area (TPSA) is 56.3 Å². The average molecular weight is 279 g/mol. The zero-order valence-electron chi connectivity index (χ0n) is 11.5. The zero-order valence-corrected chi connectivity index (χ0v) is 12.3. The highest BCUT2D eigenvalue weighted by Gasteiger charge is 2.26. The fourth-order valence-corrected chi connectivity index (χ4v) is 3.19. The van der Waals surface area contributed by atoms with E-state index in [1.54, 1.807) is 26.8 Å². The summed E-state index contributed by atoms with van der Waals surface area (Å²) in [6.07, 6.45) is 0. The van der Waals surface area contributed by atoms with E-state index in [1.165, 1.54) is 6.07 Å². The predicted octanol–water partition coefficient (Wildman–Crippen LogP) is 3.05. The number of aryl methyl sites for hydroxylation is 1. The average Bonchev–Trinajstić information content (AvgIpc) is 2.24. The van der Waals surface area contributed by atoms with Crippen LogP contribution in [0.1, 0.15) is 26.5 Å². The maximum absolute atomic E-state index is 12.3. The largest absolute Gasteiger partial charge is 0.299 e. The summed E-state index contributed by atoms with van der Waals surface area (Å²) in [5, 5.41) is 0.782. The summed E-state index contributed by atoms with van der Waals surface area (Å²) in [5.74, 6) is 0. The van der Waals surface area contributed by atoms with Gasteiger partial charge in [-0.25, -0.2) is 0 Å². The number of benzene rings is 1. The van der Waals surface area contributed by atoms with Crippen molar-refractivity contribution in [3.8, 4) is 0 Å². The lowest BCUT2D eigenvalue weighted by Crippen LogP contribution is -2.24. The number of fused-ring (bicyclic) bond motifs is 1. The van der Waals surface area contributed by atoms with Crippen LogP contribution in [0.4, 0.5) is 0 Å². The lowest BCUT2D eigenvalue weighted by atomic mass is 10.2. The van der Waals surface area contributed by atoms with Gasteiger partial charge >= 0.3 is 0 Å². The van der Waals surface area contributed by atoms with E-state index in [4.69, 9.17) is 4.18 Å². The van der Waals surface area contributed by atoms with Crippen LogP contribution in [0.5, 0.6) is 0 Å². The molecule has 0 fully saturated rings. The molecule has 0 aliphatic rings. The van der Waals surface area contributed by atoms with Gasteiger partial charge in [-0.15, -0.1) is 0 Å². The van der Waals surface area contributed by atoms with Gasteiger partial charge in [-0.1, -0.05) is 18.2 Å². The second-order valence-corrected chi connectivity index (χ2v) is 6.95. The second-order valence-electron chi connectivity index (χ2n) is 5.43. The van der Waals surface area contributed by atoms with Gasteiger partial charge in [-0.05, 0) is 39.8 Å². The van der Waals surface area contributed by atoms with Crippen molar-refractivity contribution >= 4 is 21.0 Å². The number of hydrogen-bond donors (Lipinski definition) is 0. The monoisotopic (exact) mass is 279 g/mol. The number of hydrogen-bond acceptors (Lipinski definition) is 4. The molecule has 0 aliphatic heterocycles. The number of rotatable bonds is 2. The van der Waals surface area contributed by atoms with Crippen molar-refractivity contribution in [3.63, 3.8) is 0 Å². The quantitative estimate of drug-likeness (QED) is 0.793. The summed E-state index contributed by atoms with van der Waals surface area (Å²) < 4.78 is 29.8. The molecule has 1 aromatic carbocycles. The summed E-state index contributed by atoms with van der Waals surface area (Å²) in [5.41, 5.74) is 0.447. The maximum atomic E-state index is 12.3. The minimum atomic E-state index is -3.82. The Labute approximate surface area is 113 Å². The molecular weight excluding hydrogens is 262 g/mol. The van der Waals surface area contributed by atoms with E-state index in [0.717, 1.165) is 11.1 Å². The Morgan fingerprint density at radius 3 is 2.42 bits per heavy atom. The molecule has 19 heavy (non-hydrogen) atoms. The van der Waals surface area contributed by atoms with Gasteiger partial charge in [0.15, 0.2) is 0 Å². The third kappa shape index (κ3) is 3.11. The van der Waals surface area contributed by atoms with Crippen molar-refractivity contribution in [2.24, 2.45) is 0 Å². The van der Waals surface area contributed by atoms with Crippen molar-refractivity contribution in [1.82, 2.24) is 4.98 Å². The van der Waals surface area contributed by atoms with Gasteiger partial charge in [0.25, 0.3) is 10.1 Å². The Balaban J connectivity index is 2.66. The van der Waals surface area contributed by atoms with Gasteiger partial charge in [-0.2, -0.15) is 8.42 Å². The van der Waals surface area contributed by atoms with Gasteiger partial charge in [0.1, 0.15) is 4.90 Å². The molecule has 0 N–H and O–H groups in total. The molecule has 0 saturated carbocycles. The normalized spacial score (nSPS) is 12.8. The van der Waals surface area contributed by atoms with E-state index >= 15 is 0 Å². The van der Waals surface area contributed by atoms with Crippen LogP contribution in [0.2, 0.25) is 0 Å². The van der Waals surface area contributed by atoms with Crippen LogP contribution < -0.4 is 0 Å². The molecule has 0 radical (unpaired) electrons. The predicted molar refractivity (Wildman–Crippen MR) is 74.5 cm³/mol. The van der Waals surface area contributed by atoms with E-state index in [2.05, 4.69) is 4.98 Å². The first-order chi connectivity index (χ1) is 8.69. The van der Waals surface area contributed by atoms with Crippen LogP contribution in [0.15, 0.2) is 35.2 Å². The number of para-hydroxylation sites is 1. The minimum absolute atomic E-state index is 0.114. The Morgan fingerprint density at radius 1 is 1.11 bits per heavy atom. The molecule has 1 heterocycles.